The Morgan fingerprint density at radius 2 is 1.92 bits per heavy atom. The van der Waals surface area contributed by atoms with Crippen LogP contribution in [0.15, 0.2) is 36.4 Å². The number of halogens is 1. The largest absolute Gasteiger partial charge is 0.494 e. The predicted molar refractivity (Wildman–Crippen MR) is 91.3 cm³/mol. The first kappa shape index (κ1) is 17.8. The monoisotopic (exact) mass is 331 g/mol. The van der Waals surface area contributed by atoms with Crippen LogP contribution in [0.4, 0.5) is 4.39 Å². The summed E-state index contributed by atoms with van der Waals surface area (Å²) in [6.45, 7) is 6.22. The lowest BCUT2D eigenvalue weighted by Gasteiger charge is -2.16. The molecular weight excluding hydrogens is 309 g/mol. The molecule has 0 fully saturated rings. The molecule has 0 aliphatic rings. The van der Waals surface area contributed by atoms with Crippen molar-refractivity contribution in [2.45, 2.75) is 26.8 Å². The number of hydrogen-bond donors (Lipinski definition) is 1. The third-order valence-corrected chi connectivity index (χ3v) is 3.77. The zero-order chi connectivity index (χ0) is 17.7. The summed E-state index contributed by atoms with van der Waals surface area (Å²) >= 11 is 0. The Kier molecular flexibility index (Phi) is 5.79. The van der Waals surface area contributed by atoms with Crippen LogP contribution >= 0.6 is 0 Å². The van der Waals surface area contributed by atoms with Gasteiger partial charge >= 0.3 is 0 Å². The van der Waals surface area contributed by atoms with E-state index in [1.165, 1.54) is 24.8 Å². The number of hydrogen-bond acceptors (Lipinski definition) is 3. The first-order chi connectivity index (χ1) is 11.4. The van der Waals surface area contributed by atoms with E-state index in [9.17, 15) is 9.18 Å². The Morgan fingerprint density at radius 1 is 1.17 bits per heavy atom. The fourth-order valence-electron chi connectivity index (χ4n) is 2.18. The summed E-state index contributed by atoms with van der Waals surface area (Å²) in [5.41, 5.74) is 2.59. The predicted octanol–water partition coefficient (Wildman–Crippen LogP) is 3.65. The minimum absolute atomic E-state index is 0.109. The second-order valence-electron chi connectivity index (χ2n) is 5.78. The topological polar surface area (TPSA) is 47.6 Å². The molecule has 0 aliphatic carbocycles. The molecule has 0 spiro atoms. The van der Waals surface area contributed by atoms with E-state index in [2.05, 4.69) is 5.32 Å². The maximum absolute atomic E-state index is 13.7. The van der Waals surface area contributed by atoms with Gasteiger partial charge in [-0.1, -0.05) is 6.07 Å². The van der Waals surface area contributed by atoms with Gasteiger partial charge in [0.2, 0.25) is 0 Å². The van der Waals surface area contributed by atoms with Gasteiger partial charge in [-0.05, 0) is 62.2 Å². The van der Waals surface area contributed by atoms with Crippen molar-refractivity contribution in [3.63, 3.8) is 0 Å². The summed E-state index contributed by atoms with van der Waals surface area (Å²) in [7, 11) is 1.38. The molecule has 1 N–H and O–H groups in total. The fraction of sp³-hybridized carbons (Fsp3) is 0.316. The molecule has 0 radical (unpaired) electrons. The minimum atomic E-state index is -0.566. The van der Waals surface area contributed by atoms with Crippen molar-refractivity contribution < 1.29 is 18.7 Å². The molecule has 0 saturated carbocycles. The molecule has 1 atom stereocenters. The lowest BCUT2D eigenvalue weighted by molar-refractivity contribution is 0.0926. The Morgan fingerprint density at radius 3 is 2.54 bits per heavy atom. The standard InChI is InChI=1S/C19H22FNO3/c1-12-5-7-16(9-13(12)2)24-11-14(3)21-19(22)15-6-8-18(23-4)17(20)10-15/h5-10,14H,11H2,1-4H3,(H,21,22)/t14-/m1/s1. The molecule has 0 heterocycles. The van der Waals surface area contributed by atoms with Gasteiger partial charge in [-0.2, -0.15) is 0 Å². The number of amides is 1. The Labute approximate surface area is 141 Å². The van der Waals surface area contributed by atoms with Crippen molar-refractivity contribution in [2.75, 3.05) is 13.7 Å². The summed E-state index contributed by atoms with van der Waals surface area (Å²) in [5, 5.41) is 2.79. The zero-order valence-electron chi connectivity index (χ0n) is 14.4. The van der Waals surface area contributed by atoms with Crippen LogP contribution in [0.3, 0.4) is 0 Å². The number of carbonyl (C=O) groups is 1. The van der Waals surface area contributed by atoms with E-state index in [1.54, 1.807) is 0 Å². The molecule has 1 amide bonds. The van der Waals surface area contributed by atoms with E-state index in [-0.39, 0.29) is 23.3 Å². The number of benzene rings is 2. The highest BCUT2D eigenvalue weighted by Gasteiger charge is 2.13. The van der Waals surface area contributed by atoms with E-state index >= 15 is 0 Å². The molecule has 0 saturated heterocycles. The number of nitrogens with one attached hydrogen (secondary N) is 1. The first-order valence-electron chi connectivity index (χ1n) is 7.75. The summed E-state index contributed by atoms with van der Waals surface area (Å²) < 4.78 is 24.2. The van der Waals surface area contributed by atoms with Gasteiger partial charge in [0, 0.05) is 5.56 Å². The quantitative estimate of drug-likeness (QED) is 0.879. The second-order valence-corrected chi connectivity index (χ2v) is 5.78. The van der Waals surface area contributed by atoms with Gasteiger partial charge in [0.05, 0.1) is 13.2 Å². The number of rotatable bonds is 6. The van der Waals surface area contributed by atoms with Crippen LogP contribution in [-0.4, -0.2) is 25.7 Å². The van der Waals surface area contributed by atoms with Crippen molar-refractivity contribution in [3.05, 3.63) is 58.9 Å². The lowest BCUT2D eigenvalue weighted by Crippen LogP contribution is -2.36. The van der Waals surface area contributed by atoms with Crippen molar-refractivity contribution in [1.29, 1.82) is 0 Å². The van der Waals surface area contributed by atoms with Gasteiger partial charge in [0.1, 0.15) is 12.4 Å². The summed E-state index contributed by atoms with van der Waals surface area (Å²) in [6, 6.07) is 9.75. The van der Waals surface area contributed by atoms with Gasteiger partial charge in [-0.3, -0.25) is 4.79 Å². The van der Waals surface area contributed by atoms with Crippen LogP contribution in [0.1, 0.15) is 28.4 Å². The fourth-order valence-corrected chi connectivity index (χ4v) is 2.18. The minimum Gasteiger partial charge on any atom is -0.494 e. The van der Waals surface area contributed by atoms with Crippen LogP contribution in [0.25, 0.3) is 0 Å². The van der Waals surface area contributed by atoms with E-state index in [1.807, 2.05) is 39.0 Å². The SMILES string of the molecule is COc1ccc(C(=O)N[C@H](C)COc2ccc(C)c(C)c2)cc1F. The van der Waals surface area contributed by atoms with Gasteiger partial charge in [0.15, 0.2) is 11.6 Å². The summed E-state index contributed by atoms with van der Waals surface area (Å²) in [6.07, 6.45) is 0. The van der Waals surface area contributed by atoms with Gasteiger partial charge < -0.3 is 14.8 Å². The van der Waals surface area contributed by atoms with Crippen molar-refractivity contribution in [1.82, 2.24) is 5.32 Å². The second kappa shape index (κ2) is 7.81. The normalized spacial score (nSPS) is 11.7. The molecule has 0 bridgehead atoms. The molecule has 0 aliphatic heterocycles. The smallest absolute Gasteiger partial charge is 0.251 e. The molecular formula is C19H22FNO3. The highest BCUT2D eigenvalue weighted by Crippen LogP contribution is 2.18. The highest BCUT2D eigenvalue weighted by molar-refractivity contribution is 5.94. The Hall–Kier alpha value is -2.56. The third-order valence-electron chi connectivity index (χ3n) is 3.77. The van der Waals surface area contributed by atoms with Crippen LogP contribution in [-0.2, 0) is 0 Å². The maximum Gasteiger partial charge on any atom is 0.251 e. The van der Waals surface area contributed by atoms with Crippen LogP contribution in [0, 0.1) is 19.7 Å². The molecule has 24 heavy (non-hydrogen) atoms. The van der Waals surface area contributed by atoms with Crippen molar-refractivity contribution in [2.24, 2.45) is 0 Å². The van der Waals surface area contributed by atoms with Gasteiger partial charge in [0.25, 0.3) is 5.91 Å². The number of ether oxygens (including phenoxy) is 2. The molecule has 2 rings (SSSR count). The molecule has 4 nitrogen and oxygen atoms in total. The zero-order valence-corrected chi connectivity index (χ0v) is 14.4. The van der Waals surface area contributed by atoms with Crippen molar-refractivity contribution in [3.8, 4) is 11.5 Å². The lowest BCUT2D eigenvalue weighted by atomic mass is 10.1. The molecule has 2 aromatic rings. The number of methoxy groups -OCH3 is 1. The Balaban J connectivity index is 1.91. The van der Waals surface area contributed by atoms with E-state index < -0.39 is 5.82 Å². The van der Waals surface area contributed by atoms with E-state index in [4.69, 9.17) is 9.47 Å². The Bertz CT molecular complexity index is 731. The average Bonchev–Trinajstić information content (AvgIpc) is 2.55. The maximum atomic E-state index is 13.7. The molecule has 0 aromatic heterocycles. The van der Waals surface area contributed by atoms with Crippen LogP contribution < -0.4 is 14.8 Å². The summed E-state index contributed by atoms with van der Waals surface area (Å²) in [4.78, 5) is 12.1. The number of aryl methyl sites for hydroxylation is 2. The van der Waals surface area contributed by atoms with Crippen LogP contribution in [0.5, 0.6) is 11.5 Å². The average molecular weight is 331 g/mol. The van der Waals surface area contributed by atoms with Gasteiger partial charge in [-0.15, -0.1) is 0 Å². The molecule has 2 aromatic carbocycles. The molecule has 0 unspecified atom stereocenters. The van der Waals surface area contributed by atoms with Crippen molar-refractivity contribution >= 4 is 5.91 Å². The summed E-state index contributed by atoms with van der Waals surface area (Å²) in [5.74, 6) is -0.0516. The van der Waals surface area contributed by atoms with Gasteiger partial charge in [-0.25, -0.2) is 4.39 Å². The molecule has 128 valence electrons. The van der Waals surface area contributed by atoms with Crippen LogP contribution in [0.2, 0.25) is 0 Å². The first-order valence-corrected chi connectivity index (χ1v) is 7.75. The van der Waals surface area contributed by atoms with E-state index in [0.29, 0.717) is 6.61 Å². The van der Waals surface area contributed by atoms with E-state index in [0.717, 1.165) is 17.4 Å². The third kappa shape index (κ3) is 4.47. The highest BCUT2D eigenvalue weighted by atomic mass is 19.1. The number of carbonyl (C=O) groups excluding carboxylic acids is 1. The molecule has 5 heteroatoms.